The van der Waals surface area contributed by atoms with E-state index < -0.39 is 12.0 Å². The third kappa shape index (κ3) is 5.08. The van der Waals surface area contributed by atoms with Crippen molar-refractivity contribution in [1.29, 1.82) is 0 Å². The van der Waals surface area contributed by atoms with E-state index in [4.69, 9.17) is 9.15 Å². The number of aromatic nitrogens is 2. The molecule has 0 spiro atoms. The number of allylic oxidation sites excluding steroid dienone is 1. The number of hydrogen-bond acceptors (Lipinski definition) is 5. The van der Waals surface area contributed by atoms with Gasteiger partial charge in [0.1, 0.15) is 23.9 Å². The molecule has 2 aromatic heterocycles. The molecule has 7 nitrogen and oxygen atoms in total. The summed E-state index contributed by atoms with van der Waals surface area (Å²) in [5.74, 6) is 0.928. The van der Waals surface area contributed by atoms with Crippen LogP contribution in [0.4, 0.5) is 4.79 Å². The smallest absolute Gasteiger partial charge is 0.330 e. The van der Waals surface area contributed by atoms with E-state index in [0.717, 1.165) is 12.2 Å². The van der Waals surface area contributed by atoms with Gasteiger partial charge in [-0.05, 0) is 38.3 Å². The molecule has 2 heterocycles. The maximum Gasteiger partial charge on any atom is 0.330 e. The van der Waals surface area contributed by atoms with Crippen LogP contribution in [-0.4, -0.2) is 39.1 Å². The molecule has 2 aromatic rings. The Hall–Kier alpha value is -2.83. The number of amides is 1. The van der Waals surface area contributed by atoms with Crippen molar-refractivity contribution < 1.29 is 18.7 Å². The lowest BCUT2D eigenvalue weighted by atomic mass is 10.2. The Morgan fingerprint density at radius 1 is 1.46 bits per heavy atom. The SMILES string of the molecule is C=CCCCOC(=O)C(CC)N(Cc1ccc(C)o1)C(=O)n1ccnc1. The molecule has 0 bridgehead atoms. The molecule has 0 N–H and O–H groups in total. The molecular weight excluding hydrogens is 334 g/mol. The molecule has 0 aliphatic heterocycles. The van der Waals surface area contributed by atoms with E-state index in [1.807, 2.05) is 19.9 Å². The molecule has 0 aliphatic carbocycles. The van der Waals surface area contributed by atoms with Crippen molar-refractivity contribution in [2.75, 3.05) is 6.61 Å². The summed E-state index contributed by atoms with van der Waals surface area (Å²) in [5.41, 5.74) is 0. The zero-order valence-corrected chi connectivity index (χ0v) is 15.3. The van der Waals surface area contributed by atoms with Gasteiger partial charge in [0.2, 0.25) is 0 Å². The molecule has 0 radical (unpaired) electrons. The Labute approximate surface area is 153 Å². The number of aryl methyl sites for hydroxylation is 1. The summed E-state index contributed by atoms with van der Waals surface area (Å²) in [7, 11) is 0. The highest BCUT2D eigenvalue weighted by molar-refractivity contribution is 5.84. The van der Waals surface area contributed by atoms with Crippen LogP contribution in [0.2, 0.25) is 0 Å². The number of nitrogens with zero attached hydrogens (tertiary/aromatic N) is 3. The quantitative estimate of drug-likeness (QED) is 0.389. The van der Waals surface area contributed by atoms with Crippen LogP contribution in [0.3, 0.4) is 0 Å². The first kappa shape index (κ1) is 19.5. The molecule has 140 valence electrons. The summed E-state index contributed by atoms with van der Waals surface area (Å²) < 4.78 is 12.3. The van der Waals surface area contributed by atoms with E-state index in [1.165, 1.54) is 22.0 Å². The van der Waals surface area contributed by atoms with Crippen LogP contribution in [0, 0.1) is 6.92 Å². The molecule has 7 heteroatoms. The number of furan rings is 1. The largest absolute Gasteiger partial charge is 0.464 e. The fourth-order valence-electron chi connectivity index (χ4n) is 2.58. The van der Waals surface area contributed by atoms with Crippen LogP contribution in [0.15, 0.2) is 47.9 Å². The van der Waals surface area contributed by atoms with Gasteiger partial charge in [0.15, 0.2) is 0 Å². The van der Waals surface area contributed by atoms with Gasteiger partial charge >= 0.3 is 12.0 Å². The van der Waals surface area contributed by atoms with Crippen LogP contribution < -0.4 is 0 Å². The molecule has 1 atom stereocenters. The van der Waals surface area contributed by atoms with Gasteiger partial charge in [-0.3, -0.25) is 4.57 Å². The Morgan fingerprint density at radius 2 is 2.27 bits per heavy atom. The Balaban J connectivity index is 2.17. The lowest BCUT2D eigenvalue weighted by molar-refractivity contribution is -0.149. The summed E-state index contributed by atoms with van der Waals surface area (Å²) in [4.78, 5) is 30.8. The van der Waals surface area contributed by atoms with Crippen molar-refractivity contribution in [3.63, 3.8) is 0 Å². The maximum atomic E-state index is 12.9. The van der Waals surface area contributed by atoms with Crippen molar-refractivity contribution >= 4 is 12.0 Å². The third-order valence-corrected chi connectivity index (χ3v) is 3.93. The third-order valence-electron chi connectivity index (χ3n) is 3.93. The zero-order valence-electron chi connectivity index (χ0n) is 15.3. The predicted octanol–water partition coefficient (Wildman–Crippen LogP) is 3.54. The number of ether oxygens (including phenoxy) is 1. The normalized spacial score (nSPS) is 11.8. The van der Waals surface area contributed by atoms with Crippen LogP contribution in [0.5, 0.6) is 0 Å². The molecule has 0 saturated heterocycles. The Kier molecular flexibility index (Phi) is 7.20. The second-order valence-corrected chi connectivity index (χ2v) is 5.92. The van der Waals surface area contributed by atoms with Crippen molar-refractivity contribution in [2.45, 2.75) is 45.7 Å². The molecule has 0 aliphatic rings. The molecule has 26 heavy (non-hydrogen) atoms. The molecule has 0 aromatic carbocycles. The average molecular weight is 359 g/mol. The monoisotopic (exact) mass is 359 g/mol. The first-order valence-corrected chi connectivity index (χ1v) is 8.68. The van der Waals surface area contributed by atoms with Crippen LogP contribution in [-0.2, 0) is 16.1 Å². The number of carbonyl (C=O) groups is 2. The van der Waals surface area contributed by atoms with Crippen LogP contribution >= 0.6 is 0 Å². The van der Waals surface area contributed by atoms with E-state index in [1.54, 1.807) is 18.3 Å². The number of rotatable bonds is 9. The van der Waals surface area contributed by atoms with Crippen molar-refractivity contribution in [3.8, 4) is 0 Å². The molecule has 1 amide bonds. The molecular formula is C19H25N3O4. The lowest BCUT2D eigenvalue weighted by Crippen LogP contribution is -2.46. The highest BCUT2D eigenvalue weighted by Crippen LogP contribution is 2.17. The first-order chi connectivity index (χ1) is 12.6. The van der Waals surface area contributed by atoms with Gasteiger partial charge in [-0.25, -0.2) is 14.6 Å². The summed E-state index contributed by atoms with van der Waals surface area (Å²) in [6.07, 6.45) is 8.16. The van der Waals surface area contributed by atoms with Gasteiger partial charge in [-0.15, -0.1) is 6.58 Å². The first-order valence-electron chi connectivity index (χ1n) is 8.68. The number of esters is 1. The number of hydrogen-bond donors (Lipinski definition) is 0. The minimum Gasteiger partial charge on any atom is -0.464 e. The van der Waals surface area contributed by atoms with Crippen molar-refractivity contribution in [3.05, 3.63) is 55.0 Å². The lowest BCUT2D eigenvalue weighted by Gasteiger charge is -2.28. The minimum absolute atomic E-state index is 0.172. The second-order valence-electron chi connectivity index (χ2n) is 5.92. The summed E-state index contributed by atoms with van der Waals surface area (Å²) in [5, 5.41) is 0. The summed E-state index contributed by atoms with van der Waals surface area (Å²) >= 11 is 0. The molecule has 0 saturated carbocycles. The Bertz CT molecular complexity index is 721. The fraction of sp³-hybridized carbons (Fsp3) is 0.421. The van der Waals surface area contributed by atoms with Gasteiger partial charge in [0.25, 0.3) is 0 Å². The van der Waals surface area contributed by atoms with Gasteiger partial charge in [0, 0.05) is 12.4 Å². The van der Waals surface area contributed by atoms with Gasteiger partial charge < -0.3 is 14.1 Å². The van der Waals surface area contributed by atoms with Crippen LogP contribution in [0.25, 0.3) is 0 Å². The Morgan fingerprint density at radius 3 is 2.85 bits per heavy atom. The van der Waals surface area contributed by atoms with Gasteiger partial charge in [0.05, 0.1) is 13.2 Å². The van der Waals surface area contributed by atoms with E-state index in [9.17, 15) is 9.59 Å². The standard InChI is InChI=1S/C19H25N3O4/c1-4-6-7-12-25-18(23)17(5-2)22(13-16-9-8-15(3)26-16)19(24)21-11-10-20-14-21/h4,8-11,14,17H,1,5-7,12-13H2,2-3H3. The predicted molar refractivity (Wildman–Crippen MR) is 96.5 cm³/mol. The second kappa shape index (κ2) is 9.60. The highest BCUT2D eigenvalue weighted by atomic mass is 16.5. The molecule has 1 unspecified atom stereocenters. The maximum absolute atomic E-state index is 12.9. The minimum atomic E-state index is -0.709. The molecule has 0 fully saturated rings. The van der Waals surface area contributed by atoms with Crippen molar-refractivity contribution in [1.82, 2.24) is 14.5 Å². The van der Waals surface area contributed by atoms with E-state index in [2.05, 4.69) is 11.6 Å². The number of imidazole rings is 1. The average Bonchev–Trinajstić information content (AvgIpc) is 3.30. The van der Waals surface area contributed by atoms with E-state index >= 15 is 0 Å². The zero-order chi connectivity index (χ0) is 18.9. The van der Waals surface area contributed by atoms with Crippen molar-refractivity contribution in [2.24, 2.45) is 0 Å². The van der Waals surface area contributed by atoms with E-state index in [-0.39, 0.29) is 12.6 Å². The van der Waals surface area contributed by atoms with E-state index in [0.29, 0.717) is 25.2 Å². The summed E-state index contributed by atoms with van der Waals surface area (Å²) in [6.45, 7) is 7.79. The van der Waals surface area contributed by atoms with Gasteiger partial charge in [-0.1, -0.05) is 13.0 Å². The molecule has 2 rings (SSSR count). The number of unbranched alkanes of at least 4 members (excludes halogenated alkanes) is 1. The van der Waals surface area contributed by atoms with Gasteiger partial charge in [-0.2, -0.15) is 0 Å². The number of carbonyl (C=O) groups excluding carboxylic acids is 2. The highest BCUT2D eigenvalue weighted by Gasteiger charge is 2.31. The summed E-state index contributed by atoms with van der Waals surface area (Å²) in [6, 6.07) is 2.56. The topological polar surface area (TPSA) is 77.6 Å². The fourth-order valence-corrected chi connectivity index (χ4v) is 2.58. The van der Waals surface area contributed by atoms with Crippen LogP contribution in [0.1, 0.15) is 37.7 Å².